The minimum Gasteiger partial charge on any atom is -0.478 e. The fraction of sp³-hybridized carbons (Fsp3) is 0.400. The molecule has 1 aliphatic heterocycles. The van der Waals surface area contributed by atoms with Crippen LogP contribution in [0.2, 0.25) is 0 Å². The molecule has 0 aromatic carbocycles. The summed E-state index contributed by atoms with van der Waals surface area (Å²) in [6.07, 6.45) is 1.13. The number of carboxylic acids is 1. The highest BCUT2D eigenvalue weighted by atomic mass is 16.5. The van der Waals surface area contributed by atoms with Crippen LogP contribution in [0.4, 0.5) is 0 Å². The van der Waals surface area contributed by atoms with E-state index in [-0.39, 0.29) is 23.3 Å². The lowest BCUT2D eigenvalue weighted by molar-refractivity contribution is -0.0205. The lowest BCUT2D eigenvalue weighted by Crippen LogP contribution is -2.54. The number of hydrogen-bond acceptors (Lipinski definition) is 4. The van der Waals surface area contributed by atoms with E-state index in [1.165, 1.54) is 6.07 Å². The van der Waals surface area contributed by atoms with Gasteiger partial charge in [0, 0.05) is 26.3 Å². The van der Waals surface area contributed by atoms with Crippen molar-refractivity contribution in [3.05, 3.63) is 23.7 Å². The molecular weight excluding hydrogens is 214 g/mol. The second kappa shape index (κ2) is 3.97. The Morgan fingerprint density at radius 3 is 2.75 bits per heavy atom. The van der Waals surface area contributed by atoms with E-state index in [4.69, 9.17) is 14.3 Å². The maximum absolute atomic E-state index is 11.7. The maximum Gasteiger partial charge on any atom is 0.338 e. The summed E-state index contributed by atoms with van der Waals surface area (Å²) in [5.41, 5.74) is -0.0211. The first kappa shape index (κ1) is 10.7. The van der Waals surface area contributed by atoms with Crippen molar-refractivity contribution in [2.45, 2.75) is 6.10 Å². The smallest absolute Gasteiger partial charge is 0.338 e. The average molecular weight is 225 g/mol. The van der Waals surface area contributed by atoms with Crippen LogP contribution < -0.4 is 0 Å². The van der Waals surface area contributed by atoms with E-state index < -0.39 is 5.97 Å². The molecule has 0 bridgehead atoms. The number of aromatic carboxylic acids is 1. The highest BCUT2D eigenvalue weighted by Crippen LogP contribution is 2.17. The number of carbonyl (C=O) groups is 2. The van der Waals surface area contributed by atoms with Crippen molar-refractivity contribution in [3.8, 4) is 0 Å². The molecule has 1 N–H and O–H groups in total. The zero-order chi connectivity index (χ0) is 11.7. The number of hydrogen-bond donors (Lipinski definition) is 1. The van der Waals surface area contributed by atoms with Gasteiger partial charge in [-0.2, -0.15) is 0 Å². The van der Waals surface area contributed by atoms with E-state index >= 15 is 0 Å². The number of likely N-dealkylation sites (tertiary alicyclic amines) is 1. The van der Waals surface area contributed by atoms with Crippen molar-refractivity contribution in [3.63, 3.8) is 0 Å². The topological polar surface area (TPSA) is 80.0 Å². The third-order valence-electron chi connectivity index (χ3n) is 2.53. The summed E-state index contributed by atoms with van der Waals surface area (Å²) >= 11 is 0. The quantitative estimate of drug-likeness (QED) is 0.807. The van der Waals surface area contributed by atoms with Crippen molar-refractivity contribution >= 4 is 11.9 Å². The van der Waals surface area contributed by atoms with Crippen LogP contribution in [-0.4, -0.2) is 48.2 Å². The highest BCUT2D eigenvalue weighted by molar-refractivity contribution is 5.95. The van der Waals surface area contributed by atoms with Gasteiger partial charge >= 0.3 is 5.97 Å². The molecule has 0 aliphatic carbocycles. The van der Waals surface area contributed by atoms with Crippen LogP contribution in [0.5, 0.6) is 0 Å². The second-order valence-corrected chi connectivity index (χ2v) is 3.57. The van der Waals surface area contributed by atoms with E-state index in [0.29, 0.717) is 13.1 Å². The molecule has 0 spiro atoms. The summed E-state index contributed by atoms with van der Waals surface area (Å²) in [5.74, 6) is -1.37. The van der Waals surface area contributed by atoms with Crippen LogP contribution in [-0.2, 0) is 4.74 Å². The van der Waals surface area contributed by atoms with Crippen molar-refractivity contribution in [2.75, 3.05) is 20.2 Å². The molecule has 0 atom stereocenters. The van der Waals surface area contributed by atoms with Gasteiger partial charge in [-0.05, 0) is 0 Å². The number of rotatable bonds is 3. The minimum atomic E-state index is -1.11. The van der Waals surface area contributed by atoms with Crippen LogP contribution in [0.1, 0.15) is 20.9 Å². The number of carboxylic acid groups (broad SMARTS) is 1. The number of nitrogens with zero attached hydrogens (tertiary/aromatic N) is 1. The fourth-order valence-electron chi connectivity index (χ4n) is 1.47. The van der Waals surface area contributed by atoms with Gasteiger partial charge in [-0.25, -0.2) is 4.79 Å². The first-order chi connectivity index (χ1) is 7.61. The number of methoxy groups -OCH3 is 1. The molecule has 2 heterocycles. The Balaban J connectivity index is 2.02. The van der Waals surface area contributed by atoms with Gasteiger partial charge in [0.1, 0.15) is 6.26 Å². The summed E-state index contributed by atoms with van der Waals surface area (Å²) in [6, 6.07) is 1.23. The maximum atomic E-state index is 11.7. The molecule has 1 aliphatic rings. The molecule has 86 valence electrons. The second-order valence-electron chi connectivity index (χ2n) is 3.57. The largest absolute Gasteiger partial charge is 0.478 e. The molecule has 6 heteroatoms. The van der Waals surface area contributed by atoms with Gasteiger partial charge in [0.15, 0.2) is 5.76 Å². The summed E-state index contributed by atoms with van der Waals surface area (Å²) < 4.78 is 9.93. The molecule has 1 fully saturated rings. The van der Waals surface area contributed by atoms with E-state index in [2.05, 4.69) is 0 Å². The monoisotopic (exact) mass is 225 g/mol. The lowest BCUT2D eigenvalue weighted by Gasteiger charge is -2.37. The Hall–Kier alpha value is -1.82. The van der Waals surface area contributed by atoms with Crippen molar-refractivity contribution < 1.29 is 23.8 Å². The van der Waals surface area contributed by atoms with E-state index in [1.54, 1.807) is 12.0 Å². The normalized spacial score (nSPS) is 15.9. The van der Waals surface area contributed by atoms with E-state index in [9.17, 15) is 9.59 Å². The fourth-order valence-corrected chi connectivity index (χ4v) is 1.47. The molecule has 1 aromatic heterocycles. The van der Waals surface area contributed by atoms with Gasteiger partial charge in [-0.3, -0.25) is 4.79 Å². The summed E-state index contributed by atoms with van der Waals surface area (Å²) in [6.45, 7) is 1.02. The van der Waals surface area contributed by atoms with Crippen LogP contribution in [0.25, 0.3) is 0 Å². The molecule has 0 unspecified atom stereocenters. The van der Waals surface area contributed by atoms with Crippen molar-refractivity contribution in [1.29, 1.82) is 0 Å². The highest BCUT2D eigenvalue weighted by Gasteiger charge is 2.32. The van der Waals surface area contributed by atoms with Crippen LogP contribution in [0, 0.1) is 0 Å². The minimum absolute atomic E-state index is 0.0211. The molecular formula is C10H11NO5. The van der Waals surface area contributed by atoms with Crippen LogP contribution in [0.15, 0.2) is 16.7 Å². The summed E-state index contributed by atoms with van der Waals surface area (Å²) in [4.78, 5) is 23.8. The Morgan fingerprint density at radius 1 is 1.56 bits per heavy atom. The standard InChI is InChI=1S/C10H11NO5/c1-15-7-3-11(4-7)9(12)8-2-6(5-16-8)10(13)14/h2,5,7H,3-4H2,1H3,(H,13,14). The molecule has 1 saturated heterocycles. The lowest BCUT2D eigenvalue weighted by atomic mass is 10.1. The number of carbonyl (C=O) groups excluding carboxylic acids is 1. The van der Waals surface area contributed by atoms with Crippen LogP contribution in [0.3, 0.4) is 0 Å². The van der Waals surface area contributed by atoms with Gasteiger partial charge < -0.3 is 19.2 Å². The van der Waals surface area contributed by atoms with Crippen molar-refractivity contribution in [2.24, 2.45) is 0 Å². The molecule has 6 nitrogen and oxygen atoms in total. The number of ether oxygens (including phenoxy) is 1. The van der Waals surface area contributed by atoms with E-state index in [1.807, 2.05) is 0 Å². The first-order valence-electron chi connectivity index (χ1n) is 4.75. The van der Waals surface area contributed by atoms with Gasteiger partial charge in [-0.1, -0.05) is 0 Å². The zero-order valence-electron chi connectivity index (χ0n) is 8.67. The summed E-state index contributed by atoms with van der Waals surface area (Å²) in [5, 5.41) is 8.66. The molecule has 0 saturated carbocycles. The third-order valence-corrected chi connectivity index (χ3v) is 2.53. The number of amides is 1. The Kier molecular flexibility index (Phi) is 2.66. The Bertz CT molecular complexity index is 419. The van der Waals surface area contributed by atoms with Gasteiger partial charge in [0.05, 0.1) is 11.7 Å². The van der Waals surface area contributed by atoms with Gasteiger partial charge in [0.25, 0.3) is 5.91 Å². The molecule has 1 amide bonds. The molecule has 16 heavy (non-hydrogen) atoms. The molecule has 1 aromatic rings. The van der Waals surface area contributed by atoms with Crippen LogP contribution >= 0.6 is 0 Å². The average Bonchev–Trinajstić information content (AvgIpc) is 2.64. The molecule has 0 radical (unpaired) electrons. The Morgan fingerprint density at radius 2 is 2.25 bits per heavy atom. The number of furan rings is 1. The van der Waals surface area contributed by atoms with Gasteiger partial charge in [0.2, 0.25) is 0 Å². The SMILES string of the molecule is COC1CN(C(=O)c2cc(C(=O)O)co2)C1. The predicted molar refractivity (Wildman–Crippen MR) is 52.4 cm³/mol. The van der Waals surface area contributed by atoms with Gasteiger partial charge in [-0.15, -0.1) is 0 Å². The summed E-state index contributed by atoms with van der Waals surface area (Å²) in [7, 11) is 1.59. The van der Waals surface area contributed by atoms with E-state index in [0.717, 1.165) is 6.26 Å². The van der Waals surface area contributed by atoms with Crippen molar-refractivity contribution in [1.82, 2.24) is 4.90 Å². The third kappa shape index (κ3) is 1.79. The Labute approximate surface area is 91.4 Å². The predicted octanol–water partition coefficient (Wildman–Crippen LogP) is 0.449. The zero-order valence-corrected chi connectivity index (χ0v) is 8.67. The first-order valence-corrected chi connectivity index (χ1v) is 4.75. The molecule has 2 rings (SSSR count).